The monoisotopic (exact) mass is 274 g/mol. The van der Waals surface area contributed by atoms with Crippen molar-refractivity contribution in [3.63, 3.8) is 0 Å². The number of amides is 1. The molecule has 0 spiro atoms. The van der Waals surface area contributed by atoms with Crippen LogP contribution < -0.4 is 5.73 Å². The van der Waals surface area contributed by atoms with Gasteiger partial charge in [0, 0.05) is 18.0 Å². The van der Waals surface area contributed by atoms with Crippen LogP contribution in [0.5, 0.6) is 0 Å². The Morgan fingerprint density at radius 1 is 1.42 bits per heavy atom. The van der Waals surface area contributed by atoms with Crippen molar-refractivity contribution in [2.24, 2.45) is 5.73 Å². The van der Waals surface area contributed by atoms with Crippen LogP contribution in [0.2, 0.25) is 0 Å². The van der Waals surface area contributed by atoms with Crippen molar-refractivity contribution in [2.75, 3.05) is 0 Å². The molecule has 0 saturated heterocycles. The fourth-order valence-electron chi connectivity index (χ4n) is 1.67. The molecule has 1 aromatic carbocycles. The lowest BCUT2D eigenvalue weighted by molar-refractivity contribution is 0.108. The van der Waals surface area contributed by atoms with E-state index in [-0.39, 0.29) is 6.10 Å². The third kappa shape index (κ3) is 4.22. The molecular weight excluding hydrogens is 260 g/mol. The molecule has 0 aliphatic carbocycles. The lowest BCUT2D eigenvalue weighted by atomic mass is 10.1. The van der Waals surface area contributed by atoms with E-state index in [1.807, 2.05) is 47.9 Å². The Bertz CT molecular complexity index is 538. The van der Waals surface area contributed by atoms with Crippen LogP contribution in [-0.4, -0.2) is 11.1 Å². The molecule has 2 rings (SSSR count). The van der Waals surface area contributed by atoms with Gasteiger partial charge in [-0.1, -0.05) is 36.4 Å². The standard InChI is InChI=1S/C14H14N2O2S/c15-14(17)18-12(11-5-2-1-3-6-11)7-4-8-13-16-9-10-19-13/h1-6,8-10,12H,7H2,(H2,15,17). The highest BCUT2D eigenvalue weighted by molar-refractivity contribution is 7.10. The average molecular weight is 274 g/mol. The number of ether oxygens (including phenoxy) is 1. The van der Waals surface area contributed by atoms with Crippen LogP contribution in [0.1, 0.15) is 23.1 Å². The normalized spacial score (nSPS) is 12.4. The van der Waals surface area contributed by atoms with Crippen molar-refractivity contribution in [1.29, 1.82) is 0 Å². The predicted molar refractivity (Wildman–Crippen MR) is 75.6 cm³/mol. The van der Waals surface area contributed by atoms with E-state index in [9.17, 15) is 4.79 Å². The summed E-state index contributed by atoms with van der Waals surface area (Å²) in [5, 5.41) is 2.83. The first-order chi connectivity index (χ1) is 9.25. The third-order valence-corrected chi connectivity index (χ3v) is 3.23. The van der Waals surface area contributed by atoms with E-state index in [2.05, 4.69) is 4.98 Å². The van der Waals surface area contributed by atoms with Gasteiger partial charge in [-0.05, 0) is 11.6 Å². The van der Waals surface area contributed by atoms with E-state index in [0.717, 1.165) is 10.6 Å². The Labute approximate surface area is 115 Å². The van der Waals surface area contributed by atoms with Crippen LogP contribution in [0.4, 0.5) is 4.79 Å². The summed E-state index contributed by atoms with van der Waals surface area (Å²) in [5.41, 5.74) is 6.02. The summed E-state index contributed by atoms with van der Waals surface area (Å²) in [5.74, 6) is 0. The van der Waals surface area contributed by atoms with Gasteiger partial charge < -0.3 is 10.5 Å². The second-order valence-electron chi connectivity index (χ2n) is 3.84. The summed E-state index contributed by atoms with van der Waals surface area (Å²) in [6.07, 6.45) is 5.02. The number of aromatic nitrogens is 1. The summed E-state index contributed by atoms with van der Waals surface area (Å²) in [6.45, 7) is 0. The second kappa shape index (κ2) is 6.70. The van der Waals surface area contributed by atoms with Gasteiger partial charge in [0.25, 0.3) is 0 Å². The Hall–Kier alpha value is -2.14. The zero-order valence-electron chi connectivity index (χ0n) is 10.2. The first-order valence-electron chi connectivity index (χ1n) is 5.83. The first kappa shape index (κ1) is 13.3. The van der Waals surface area contributed by atoms with E-state index in [4.69, 9.17) is 10.5 Å². The number of benzene rings is 1. The molecule has 19 heavy (non-hydrogen) atoms. The Morgan fingerprint density at radius 2 is 2.21 bits per heavy atom. The van der Waals surface area contributed by atoms with Crippen molar-refractivity contribution < 1.29 is 9.53 Å². The van der Waals surface area contributed by atoms with Crippen LogP contribution in [-0.2, 0) is 4.74 Å². The number of primary amides is 1. The number of nitrogens with two attached hydrogens (primary N) is 1. The Kier molecular flexibility index (Phi) is 4.69. The third-order valence-electron chi connectivity index (χ3n) is 2.49. The molecule has 0 aliphatic heterocycles. The van der Waals surface area contributed by atoms with E-state index in [0.29, 0.717) is 6.42 Å². The molecule has 5 heteroatoms. The van der Waals surface area contributed by atoms with Gasteiger partial charge in [0.05, 0.1) is 0 Å². The quantitative estimate of drug-likeness (QED) is 0.909. The summed E-state index contributed by atoms with van der Waals surface area (Å²) in [7, 11) is 0. The molecule has 1 aromatic heterocycles. The zero-order chi connectivity index (χ0) is 13.5. The minimum atomic E-state index is -0.767. The second-order valence-corrected chi connectivity index (χ2v) is 4.77. The van der Waals surface area contributed by atoms with Crippen molar-refractivity contribution in [3.8, 4) is 0 Å². The molecule has 98 valence electrons. The summed E-state index contributed by atoms with van der Waals surface area (Å²) in [4.78, 5) is 15.1. The number of hydrogen-bond donors (Lipinski definition) is 1. The molecule has 2 N–H and O–H groups in total. The predicted octanol–water partition coefficient (Wildman–Crippen LogP) is 3.38. The number of nitrogens with zero attached hydrogens (tertiary/aromatic N) is 1. The number of carbonyl (C=O) groups excluding carboxylic acids is 1. The van der Waals surface area contributed by atoms with E-state index < -0.39 is 6.09 Å². The maximum atomic E-state index is 10.9. The number of rotatable bonds is 5. The van der Waals surface area contributed by atoms with E-state index in [1.54, 1.807) is 17.5 Å². The smallest absolute Gasteiger partial charge is 0.405 e. The molecule has 1 heterocycles. The Morgan fingerprint density at radius 3 is 2.84 bits per heavy atom. The lowest BCUT2D eigenvalue weighted by Crippen LogP contribution is -2.17. The van der Waals surface area contributed by atoms with Crippen molar-refractivity contribution in [2.45, 2.75) is 12.5 Å². The van der Waals surface area contributed by atoms with E-state index >= 15 is 0 Å². The van der Waals surface area contributed by atoms with Crippen LogP contribution in [0, 0.1) is 0 Å². The van der Waals surface area contributed by atoms with Crippen LogP contribution >= 0.6 is 11.3 Å². The van der Waals surface area contributed by atoms with Crippen molar-refractivity contribution in [1.82, 2.24) is 4.98 Å². The van der Waals surface area contributed by atoms with E-state index in [1.165, 1.54) is 0 Å². The van der Waals surface area contributed by atoms with Gasteiger partial charge in [0.15, 0.2) is 0 Å². The fourth-order valence-corrected chi connectivity index (χ4v) is 2.23. The first-order valence-corrected chi connectivity index (χ1v) is 6.71. The molecule has 2 aromatic rings. The molecule has 4 nitrogen and oxygen atoms in total. The van der Waals surface area contributed by atoms with Crippen LogP contribution in [0.15, 0.2) is 48.0 Å². The fraction of sp³-hybridized carbons (Fsp3) is 0.143. The Balaban J connectivity index is 2.04. The SMILES string of the molecule is NC(=O)OC(CC=Cc1nccs1)c1ccccc1. The average Bonchev–Trinajstić information content (AvgIpc) is 2.91. The molecule has 0 saturated carbocycles. The number of hydrogen-bond acceptors (Lipinski definition) is 4. The molecule has 1 unspecified atom stereocenters. The highest BCUT2D eigenvalue weighted by Crippen LogP contribution is 2.22. The van der Waals surface area contributed by atoms with Gasteiger partial charge >= 0.3 is 6.09 Å². The van der Waals surface area contributed by atoms with Gasteiger partial charge in [-0.15, -0.1) is 11.3 Å². The van der Waals surface area contributed by atoms with Gasteiger partial charge in [-0.25, -0.2) is 9.78 Å². The number of thiazole rings is 1. The summed E-state index contributed by atoms with van der Waals surface area (Å²) >= 11 is 1.55. The molecule has 0 bridgehead atoms. The maximum Gasteiger partial charge on any atom is 0.405 e. The molecular formula is C14H14N2O2S. The van der Waals surface area contributed by atoms with Gasteiger partial charge in [-0.2, -0.15) is 0 Å². The molecule has 0 radical (unpaired) electrons. The van der Waals surface area contributed by atoms with Crippen LogP contribution in [0.3, 0.4) is 0 Å². The highest BCUT2D eigenvalue weighted by atomic mass is 32.1. The molecule has 1 amide bonds. The van der Waals surface area contributed by atoms with Crippen LogP contribution in [0.25, 0.3) is 6.08 Å². The minimum Gasteiger partial charge on any atom is -0.441 e. The largest absolute Gasteiger partial charge is 0.441 e. The summed E-state index contributed by atoms with van der Waals surface area (Å²) in [6, 6.07) is 9.53. The minimum absolute atomic E-state index is 0.366. The van der Waals surface area contributed by atoms with Gasteiger partial charge in [0.2, 0.25) is 0 Å². The van der Waals surface area contributed by atoms with Gasteiger partial charge in [-0.3, -0.25) is 0 Å². The summed E-state index contributed by atoms with van der Waals surface area (Å²) < 4.78 is 5.13. The van der Waals surface area contributed by atoms with Crippen molar-refractivity contribution in [3.05, 3.63) is 58.6 Å². The number of carbonyl (C=O) groups is 1. The van der Waals surface area contributed by atoms with Gasteiger partial charge in [0.1, 0.15) is 11.1 Å². The zero-order valence-corrected chi connectivity index (χ0v) is 11.0. The highest BCUT2D eigenvalue weighted by Gasteiger charge is 2.13. The lowest BCUT2D eigenvalue weighted by Gasteiger charge is -2.14. The molecule has 0 fully saturated rings. The maximum absolute atomic E-state index is 10.9. The van der Waals surface area contributed by atoms with Crippen molar-refractivity contribution >= 4 is 23.5 Å². The molecule has 1 atom stereocenters. The molecule has 0 aliphatic rings. The topological polar surface area (TPSA) is 65.2 Å².